The van der Waals surface area contributed by atoms with E-state index >= 15 is 0 Å². The van der Waals surface area contributed by atoms with E-state index < -0.39 is 132 Å². The number of aliphatic imine (C=N–C) groups is 1. The van der Waals surface area contributed by atoms with Crippen LogP contribution in [0.5, 0.6) is 5.75 Å². The average molecular weight is 1430 g/mol. The lowest BCUT2D eigenvalue weighted by molar-refractivity contribution is -0.143. The number of nitrogens with one attached hydrogen (secondary N) is 11. The van der Waals surface area contributed by atoms with Crippen LogP contribution < -0.4 is 70.8 Å². The van der Waals surface area contributed by atoms with Crippen molar-refractivity contribution in [2.24, 2.45) is 33.8 Å². The summed E-state index contributed by atoms with van der Waals surface area (Å²) < 4.78 is 0. The summed E-state index contributed by atoms with van der Waals surface area (Å²) in [6.07, 6.45) is 4.42. The highest BCUT2D eigenvalue weighted by atomic mass is 35.5. The maximum Gasteiger partial charge on any atom is 0.249 e. The molecule has 0 aliphatic carbocycles. The number of H-pyrrole nitrogens is 2. The number of aliphatic hydroxyl groups excluding tert-OH is 1. The lowest BCUT2D eigenvalue weighted by Gasteiger charge is -2.31. The molecule has 1 aliphatic rings. The summed E-state index contributed by atoms with van der Waals surface area (Å²) in [4.78, 5) is 167. The summed E-state index contributed by atoms with van der Waals surface area (Å²) >= 11 is 6.07. The van der Waals surface area contributed by atoms with Crippen LogP contribution in [0.4, 0.5) is 0 Å². The fraction of sp³-hybridized carbons (Fsp3) is 0.437. The first kappa shape index (κ1) is 78.9. The Labute approximate surface area is 595 Å². The van der Waals surface area contributed by atoms with E-state index in [1.165, 1.54) is 43.0 Å². The third-order valence-corrected chi connectivity index (χ3v) is 17.6. The van der Waals surface area contributed by atoms with Gasteiger partial charge in [-0.15, -0.1) is 0 Å². The van der Waals surface area contributed by atoms with E-state index in [4.69, 9.17) is 34.5 Å². The van der Waals surface area contributed by atoms with Gasteiger partial charge in [0.2, 0.25) is 65.0 Å². The number of imide groups is 1. The highest BCUT2D eigenvalue weighted by Crippen LogP contribution is 2.24. The van der Waals surface area contributed by atoms with Gasteiger partial charge in [0.1, 0.15) is 60.1 Å². The third kappa shape index (κ3) is 23.3. The van der Waals surface area contributed by atoms with Crippen molar-refractivity contribution in [3.8, 4) is 5.75 Å². The van der Waals surface area contributed by atoms with Gasteiger partial charge in [0.05, 0.1) is 12.6 Å². The summed E-state index contributed by atoms with van der Waals surface area (Å²) in [5, 5.41) is 46.6. The molecule has 0 radical (unpaired) electrons. The summed E-state index contributed by atoms with van der Waals surface area (Å²) in [7, 11) is 0. The van der Waals surface area contributed by atoms with E-state index in [1.54, 1.807) is 56.6 Å². The Morgan fingerprint density at radius 3 is 1.67 bits per heavy atom. The summed E-state index contributed by atoms with van der Waals surface area (Å²) in [6.45, 7) is 5.49. The quantitative estimate of drug-likeness (QED) is 0.0142. The van der Waals surface area contributed by atoms with Crippen LogP contribution in [0, 0.1) is 5.92 Å². The van der Waals surface area contributed by atoms with E-state index in [-0.39, 0.29) is 101 Å². The number of carbonyl (C=O) groups excluding carboxylic acids is 11. The molecule has 1 saturated heterocycles. The second kappa shape index (κ2) is 38.4. The van der Waals surface area contributed by atoms with Gasteiger partial charge >= 0.3 is 0 Å². The molecule has 2 aromatic heterocycles. The number of para-hydroxylation sites is 2. The minimum Gasteiger partial charge on any atom is -0.508 e. The Balaban J connectivity index is 1.05. The van der Waals surface area contributed by atoms with Gasteiger partial charge in [-0.1, -0.05) is 86.1 Å². The maximum absolute atomic E-state index is 14.8. The number of carbonyl (C=O) groups is 11. The number of aliphatic hydroxyl groups is 1. The molecule has 30 nitrogen and oxygen atoms in total. The number of unbranched alkanes of at least 4 members (excludes halogenated alkanes) is 1. The molecule has 10 unspecified atom stereocenters. The number of hydrogen-bond donors (Lipinski definition) is 17. The van der Waals surface area contributed by atoms with Gasteiger partial charge in [-0.3, -0.25) is 63.0 Å². The Kier molecular flexibility index (Phi) is 29.7. The lowest BCUT2D eigenvalue weighted by Crippen LogP contribution is -2.61. The van der Waals surface area contributed by atoms with Crippen molar-refractivity contribution in [3.05, 3.63) is 137 Å². The van der Waals surface area contributed by atoms with Crippen LogP contribution in [-0.2, 0) is 78.4 Å². The Morgan fingerprint density at radius 1 is 0.578 bits per heavy atom. The van der Waals surface area contributed by atoms with Crippen molar-refractivity contribution >= 4 is 104 Å². The number of fused-ring (bicyclic) bond motifs is 2. The SMILES string of the molecule is CC(=O)NC(Cc1c[nH]c2ccccc12)C(=O)NC(=O)C(C)NC(=O)C1CCCN1C(=O)C(CCCN=C(N)N)NC(=O)C(CC(C)C)NC(=O)C(CCCCN)NC(=O)C(Cc1ccc(O)cc1)NC(=O)C(CO)NC(=O)C(Cc1c[nH]c2ccccc12)NC(=O)C(N)Cc1ccc(Cl)cc1. The highest BCUT2D eigenvalue weighted by Gasteiger charge is 2.41. The standard InChI is InChI=1S/C71H94ClN17O13/c1-39(2)31-55(64(96)83-54(18-11-29-77-71(75)76)70(102)89-30-12-19-60(89)69(101)80-40(3)61(93)88-67(99)57(81-41(4)91)34-44-36-78-51-15-7-5-13-48(44)51)85-63(95)53(17-9-10-28-73)82-65(97)56(33-43-22-26-47(92)27-23-43)86-68(100)59(38-90)87-66(98)58(35-45-37-79-52-16-8-6-14-49(45)52)84-62(94)50(74)32-42-20-24-46(72)25-21-42/h5-8,13-16,20-27,36-37,39-40,50,53-60,78-79,90,92H,9-12,17-19,28-35,38,73-74H2,1-4H3,(H,80,101)(H,81,91)(H,82,97)(H,83,96)(H,84,94)(H,85,95)(H,86,100)(H,87,98)(H4,75,76,77)(H,88,93,99). The Morgan fingerprint density at radius 2 is 1.08 bits per heavy atom. The van der Waals surface area contributed by atoms with E-state index in [0.717, 1.165) is 21.8 Å². The number of amides is 11. The number of aromatic amines is 2. The van der Waals surface area contributed by atoms with E-state index in [2.05, 4.69) is 62.8 Å². The monoisotopic (exact) mass is 1430 g/mol. The minimum atomic E-state index is -1.73. The van der Waals surface area contributed by atoms with Gasteiger partial charge in [-0.25, -0.2) is 0 Å². The van der Waals surface area contributed by atoms with Crippen LogP contribution in [0.15, 0.2) is 114 Å². The summed E-state index contributed by atoms with van der Waals surface area (Å²) in [5.41, 5.74) is 27.5. The van der Waals surface area contributed by atoms with Gasteiger partial charge in [0.15, 0.2) is 5.96 Å². The predicted octanol–water partition coefficient (Wildman–Crippen LogP) is 0.379. The van der Waals surface area contributed by atoms with Crippen LogP contribution in [0.3, 0.4) is 0 Å². The van der Waals surface area contributed by atoms with Crippen LogP contribution in [0.2, 0.25) is 5.02 Å². The molecular formula is C71H94ClN17O13. The van der Waals surface area contributed by atoms with E-state index in [0.29, 0.717) is 40.1 Å². The number of guanidine groups is 1. The lowest BCUT2D eigenvalue weighted by atomic mass is 10.00. The van der Waals surface area contributed by atoms with Crippen molar-refractivity contribution in [1.29, 1.82) is 0 Å². The zero-order chi connectivity index (χ0) is 74.2. The van der Waals surface area contributed by atoms with Gasteiger partial charge in [-0.2, -0.15) is 0 Å². The smallest absolute Gasteiger partial charge is 0.249 e. The van der Waals surface area contributed by atoms with Crippen molar-refractivity contribution in [3.63, 3.8) is 0 Å². The molecule has 0 saturated carbocycles. The van der Waals surface area contributed by atoms with Gasteiger partial charge in [-0.05, 0) is 136 Å². The second-order valence-electron chi connectivity index (χ2n) is 25.9. The number of phenols is 1. The molecule has 31 heteroatoms. The normalized spacial score (nSPS) is 15.4. The highest BCUT2D eigenvalue weighted by molar-refractivity contribution is 6.30. The maximum atomic E-state index is 14.8. The fourth-order valence-corrected chi connectivity index (χ4v) is 12.1. The largest absolute Gasteiger partial charge is 0.508 e. The molecule has 10 atom stereocenters. The molecule has 102 heavy (non-hydrogen) atoms. The number of hydrogen-bond acceptors (Lipinski definition) is 16. The van der Waals surface area contributed by atoms with Crippen LogP contribution in [0.1, 0.15) is 101 Å². The number of nitrogens with two attached hydrogens (primary N) is 4. The summed E-state index contributed by atoms with van der Waals surface area (Å²) in [5.74, 6) is -9.41. The summed E-state index contributed by atoms with van der Waals surface area (Å²) in [6, 6.07) is 13.6. The van der Waals surface area contributed by atoms with E-state index in [1.807, 2.05) is 42.5 Å². The van der Waals surface area contributed by atoms with Crippen LogP contribution >= 0.6 is 11.6 Å². The third-order valence-electron chi connectivity index (χ3n) is 17.4. The molecule has 4 aromatic carbocycles. The van der Waals surface area contributed by atoms with Crippen LogP contribution in [-0.4, -0.2) is 183 Å². The first-order chi connectivity index (χ1) is 48.7. The molecular weight excluding hydrogens is 1330 g/mol. The first-order valence-corrected chi connectivity index (χ1v) is 34.4. The van der Waals surface area contributed by atoms with Crippen molar-refractivity contribution in [1.82, 2.24) is 62.7 Å². The van der Waals surface area contributed by atoms with Gasteiger partial charge in [0, 0.05) is 78.5 Å². The van der Waals surface area contributed by atoms with Gasteiger partial charge in [0.25, 0.3) is 0 Å². The number of phenolic OH excluding ortho intramolecular Hbond substituents is 1. The first-order valence-electron chi connectivity index (χ1n) is 34.0. The number of nitrogens with zero attached hydrogens (tertiary/aromatic N) is 2. The second-order valence-corrected chi connectivity index (χ2v) is 26.3. The van der Waals surface area contributed by atoms with Crippen molar-refractivity contribution in [2.45, 2.75) is 165 Å². The topological polar surface area (TPSA) is 488 Å². The number of rotatable bonds is 37. The number of aromatic nitrogens is 2. The van der Waals surface area contributed by atoms with Crippen molar-refractivity contribution in [2.75, 3.05) is 26.2 Å². The van der Waals surface area contributed by atoms with E-state index in [9.17, 15) is 63.0 Å². The molecule has 1 fully saturated rings. The zero-order valence-corrected chi connectivity index (χ0v) is 58.3. The molecule has 1 aliphatic heterocycles. The zero-order valence-electron chi connectivity index (χ0n) is 57.5. The number of halogens is 1. The Hall–Kier alpha value is -10.4. The Bertz CT molecular complexity index is 3930. The molecule has 0 spiro atoms. The number of aromatic hydroxyl groups is 1. The van der Waals surface area contributed by atoms with Crippen LogP contribution in [0.25, 0.3) is 21.8 Å². The molecule has 11 amide bonds. The predicted molar refractivity (Wildman–Crippen MR) is 383 cm³/mol. The molecule has 21 N–H and O–H groups in total. The molecule has 7 rings (SSSR count). The number of benzene rings is 4. The molecule has 548 valence electrons. The fourth-order valence-electron chi connectivity index (χ4n) is 12.0. The van der Waals surface area contributed by atoms with Gasteiger partial charge < -0.3 is 90.5 Å². The molecule has 0 bridgehead atoms. The average Bonchev–Trinajstić information content (AvgIpc) is 1.66. The number of likely N-dealkylation sites (tertiary alicyclic amines) is 1. The molecule has 3 heterocycles. The molecule has 6 aromatic rings. The minimum absolute atomic E-state index is 0.0120. The van der Waals surface area contributed by atoms with Crippen molar-refractivity contribution < 1.29 is 63.0 Å².